The maximum atomic E-state index is 10.7. The van der Waals surface area contributed by atoms with Crippen molar-refractivity contribution < 1.29 is 4.79 Å². The Morgan fingerprint density at radius 3 is 2.64 bits per heavy atom. The third-order valence-corrected chi connectivity index (χ3v) is 2.18. The van der Waals surface area contributed by atoms with Gasteiger partial charge in [0, 0.05) is 13.1 Å². The van der Waals surface area contributed by atoms with Gasteiger partial charge < -0.3 is 0 Å². The standard InChI is InChI=1S/C9H17NO/c1-3-4-9-6-10(7-9)5-8(2)11/h9H,3-7H2,1-2H3. The van der Waals surface area contributed by atoms with Crippen molar-refractivity contribution in [2.45, 2.75) is 26.7 Å². The molecular formula is C9H17NO. The Bertz CT molecular complexity index is 138. The predicted octanol–water partition coefficient (Wildman–Crippen LogP) is 1.31. The van der Waals surface area contributed by atoms with Crippen LogP contribution in [0.4, 0.5) is 0 Å². The fourth-order valence-corrected chi connectivity index (χ4v) is 1.71. The Morgan fingerprint density at radius 1 is 1.55 bits per heavy atom. The zero-order valence-corrected chi connectivity index (χ0v) is 7.47. The highest BCUT2D eigenvalue weighted by Crippen LogP contribution is 2.19. The van der Waals surface area contributed by atoms with E-state index in [2.05, 4.69) is 11.8 Å². The number of rotatable bonds is 4. The summed E-state index contributed by atoms with van der Waals surface area (Å²) in [6.07, 6.45) is 2.60. The second kappa shape index (κ2) is 3.86. The van der Waals surface area contributed by atoms with Crippen molar-refractivity contribution in [1.29, 1.82) is 0 Å². The minimum atomic E-state index is 0.292. The van der Waals surface area contributed by atoms with E-state index in [9.17, 15) is 4.79 Å². The summed E-state index contributed by atoms with van der Waals surface area (Å²) in [5.41, 5.74) is 0. The van der Waals surface area contributed by atoms with Crippen LogP contribution in [-0.4, -0.2) is 30.3 Å². The normalized spacial score (nSPS) is 19.8. The van der Waals surface area contributed by atoms with E-state index < -0.39 is 0 Å². The quantitative estimate of drug-likeness (QED) is 0.610. The molecule has 0 N–H and O–H groups in total. The van der Waals surface area contributed by atoms with Gasteiger partial charge in [-0.25, -0.2) is 0 Å². The minimum Gasteiger partial charge on any atom is -0.299 e. The third kappa shape index (κ3) is 2.62. The van der Waals surface area contributed by atoms with E-state index in [4.69, 9.17) is 0 Å². The molecule has 1 aliphatic rings. The van der Waals surface area contributed by atoms with E-state index in [0.29, 0.717) is 12.3 Å². The number of ketones is 1. The van der Waals surface area contributed by atoms with Crippen LogP contribution in [0.1, 0.15) is 26.7 Å². The molecule has 0 amide bonds. The van der Waals surface area contributed by atoms with Crippen LogP contribution >= 0.6 is 0 Å². The maximum absolute atomic E-state index is 10.7. The summed E-state index contributed by atoms with van der Waals surface area (Å²) in [6, 6.07) is 0. The first-order chi connectivity index (χ1) is 5.22. The molecule has 1 fully saturated rings. The molecule has 1 rings (SSSR count). The van der Waals surface area contributed by atoms with Gasteiger partial charge in [0.05, 0.1) is 6.54 Å². The average molecular weight is 155 g/mol. The van der Waals surface area contributed by atoms with Crippen molar-refractivity contribution in [3.8, 4) is 0 Å². The summed E-state index contributed by atoms with van der Waals surface area (Å²) in [4.78, 5) is 12.9. The summed E-state index contributed by atoms with van der Waals surface area (Å²) in [7, 11) is 0. The Labute approximate surface area is 68.6 Å². The van der Waals surface area contributed by atoms with Gasteiger partial charge in [0.25, 0.3) is 0 Å². The van der Waals surface area contributed by atoms with Gasteiger partial charge in [-0.05, 0) is 19.3 Å². The molecule has 0 aromatic heterocycles. The Morgan fingerprint density at radius 2 is 2.18 bits per heavy atom. The highest BCUT2D eigenvalue weighted by molar-refractivity contribution is 5.77. The van der Waals surface area contributed by atoms with Gasteiger partial charge in [0.1, 0.15) is 5.78 Å². The van der Waals surface area contributed by atoms with Crippen molar-refractivity contribution in [3.05, 3.63) is 0 Å². The molecule has 0 atom stereocenters. The van der Waals surface area contributed by atoms with Crippen LogP contribution in [0.25, 0.3) is 0 Å². The molecule has 1 saturated heterocycles. The molecule has 0 aromatic carbocycles. The van der Waals surface area contributed by atoms with E-state index in [1.54, 1.807) is 6.92 Å². The second-order valence-electron chi connectivity index (χ2n) is 3.55. The lowest BCUT2D eigenvalue weighted by Gasteiger charge is -2.38. The summed E-state index contributed by atoms with van der Waals surface area (Å²) < 4.78 is 0. The van der Waals surface area contributed by atoms with Crippen LogP contribution in [0.5, 0.6) is 0 Å². The van der Waals surface area contributed by atoms with Crippen LogP contribution in [0, 0.1) is 5.92 Å². The third-order valence-electron chi connectivity index (χ3n) is 2.18. The summed E-state index contributed by atoms with van der Waals surface area (Å²) in [6.45, 7) is 6.84. The molecule has 1 heterocycles. The van der Waals surface area contributed by atoms with Crippen molar-refractivity contribution in [2.24, 2.45) is 5.92 Å². The Kier molecular flexibility index (Phi) is 3.06. The molecule has 2 heteroatoms. The maximum Gasteiger partial charge on any atom is 0.143 e. The Hall–Kier alpha value is -0.370. The summed E-state index contributed by atoms with van der Waals surface area (Å²) >= 11 is 0. The molecule has 0 aliphatic carbocycles. The van der Waals surface area contributed by atoms with Gasteiger partial charge in [-0.1, -0.05) is 13.3 Å². The zero-order chi connectivity index (χ0) is 8.27. The van der Waals surface area contributed by atoms with Crippen LogP contribution in [0.15, 0.2) is 0 Å². The smallest absolute Gasteiger partial charge is 0.143 e. The first-order valence-electron chi connectivity index (χ1n) is 4.44. The van der Waals surface area contributed by atoms with E-state index in [1.165, 1.54) is 12.8 Å². The molecule has 0 spiro atoms. The lowest BCUT2D eigenvalue weighted by atomic mass is 9.95. The van der Waals surface area contributed by atoms with Crippen molar-refractivity contribution in [2.75, 3.05) is 19.6 Å². The molecule has 0 bridgehead atoms. The topological polar surface area (TPSA) is 20.3 Å². The van der Waals surface area contributed by atoms with Gasteiger partial charge in [-0.2, -0.15) is 0 Å². The largest absolute Gasteiger partial charge is 0.299 e. The number of carbonyl (C=O) groups excluding carboxylic acids is 1. The highest BCUT2D eigenvalue weighted by Gasteiger charge is 2.25. The molecule has 0 aromatic rings. The number of hydrogen-bond donors (Lipinski definition) is 0. The van der Waals surface area contributed by atoms with Crippen LogP contribution in [0.3, 0.4) is 0 Å². The van der Waals surface area contributed by atoms with E-state index in [1.807, 2.05) is 0 Å². The van der Waals surface area contributed by atoms with E-state index >= 15 is 0 Å². The number of Topliss-reactive ketones (excluding diaryl/α,β-unsaturated/α-hetero) is 1. The molecule has 0 unspecified atom stereocenters. The van der Waals surface area contributed by atoms with Crippen LogP contribution < -0.4 is 0 Å². The number of likely N-dealkylation sites (tertiary alicyclic amines) is 1. The van der Waals surface area contributed by atoms with E-state index in [0.717, 1.165) is 19.0 Å². The van der Waals surface area contributed by atoms with Crippen LogP contribution in [-0.2, 0) is 4.79 Å². The number of nitrogens with zero attached hydrogens (tertiary/aromatic N) is 1. The SMILES string of the molecule is CCCC1CN(CC(C)=O)C1. The Balaban J connectivity index is 2.04. The predicted molar refractivity (Wildman–Crippen MR) is 45.5 cm³/mol. The van der Waals surface area contributed by atoms with Crippen molar-refractivity contribution in [1.82, 2.24) is 4.90 Å². The molecule has 2 nitrogen and oxygen atoms in total. The number of hydrogen-bond acceptors (Lipinski definition) is 2. The first-order valence-corrected chi connectivity index (χ1v) is 4.44. The first kappa shape index (κ1) is 8.72. The lowest BCUT2D eigenvalue weighted by Crippen LogP contribution is -2.48. The van der Waals surface area contributed by atoms with Gasteiger partial charge in [0.2, 0.25) is 0 Å². The van der Waals surface area contributed by atoms with E-state index in [-0.39, 0.29) is 0 Å². The molecule has 64 valence electrons. The van der Waals surface area contributed by atoms with Crippen molar-refractivity contribution in [3.63, 3.8) is 0 Å². The average Bonchev–Trinajstić information content (AvgIpc) is 1.82. The van der Waals surface area contributed by atoms with Gasteiger partial charge in [-0.3, -0.25) is 9.69 Å². The number of carbonyl (C=O) groups is 1. The summed E-state index contributed by atoms with van der Waals surface area (Å²) in [5, 5.41) is 0. The van der Waals surface area contributed by atoms with Gasteiger partial charge in [-0.15, -0.1) is 0 Å². The fourth-order valence-electron chi connectivity index (χ4n) is 1.71. The summed E-state index contributed by atoms with van der Waals surface area (Å²) in [5.74, 6) is 1.17. The fraction of sp³-hybridized carbons (Fsp3) is 0.889. The van der Waals surface area contributed by atoms with Crippen LogP contribution in [0.2, 0.25) is 0 Å². The highest BCUT2D eigenvalue weighted by atomic mass is 16.1. The molecular weight excluding hydrogens is 138 g/mol. The van der Waals surface area contributed by atoms with Gasteiger partial charge >= 0.3 is 0 Å². The monoisotopic (exact) mass is 155 g/mol. The lowest BCUT2D eigenvalue weighted by molar-refractivity contribution is -0.119. The molecule has 1 aliphatic heterocycles. The second-order valence-corrected chi connectivity index (χ2v) is 3.55. The minimum absolute atomic E-state index is 0.292. The molecule has 0 saturated carbocycles. The zero-order valence-electron chi connectivity index (χ0n) is 7.47. The van der Waals surface area contributed by atoms with Gasteiger partial charge in [0.15, 0.2) is 0 Å². The molecule has 0 radical (unpaired) electrons. The molecule has 11 heavy (non-hydrogen) atoms. The van der Waals surface area contributed by atoms with Crippen molar-refractivity contribution >= 4 is 5.78 Å².